The van der Waals surface area contributed by atoms with Crippen molar-refractivity contribution in [1.82, 2.24) is 24.6 Å². The number of amides is 1. The Kier molecular flexibility index (Phi) is 5.94. The molecule has 1 N–H and O–H groups in total. The molecule has 1 atom stereocenters. The van der Waals surface area contributed by atoms with Crippen molar-refractivity contribution in [3.63, 3.8) is 0 Å². The highest BCUT2D eigenvalue weighted by Gasteiger charge is 2.22. The Bertz CT molecular complexity index is 1010. The molecule has 3 heterocycles. The van der Waals surface area contributed by atoms with Crippen LogP contribution in [0.2, 0.25) is 0 Å². The van der Waals surface area contributed by atoms with Crippen molar-refractivity contribution in [3.05, 3.63) is 42.4 Å². The molecule has 158 valence electrons. The highest BCUT2D eigenvalue weighted by molar-refractivity contribution is 5.92. The highest BCUT2D eigenvalue weighted by Crippen LogP contribution is 2.23. The second-order valence-corrected chi connectivity index (χ2v) is 7.95. The lowest BCUT2D eigenvalue weighted by Crippen LogP contribution is -2.49. The molecule has 30 heavy (non-hydrogen) atoms. The van der Waals surface area contributed by atoms with E-state index in [1.54, 1.807) is 11.0 Å². The molecule has 1 aromatic carbocycles. The second-order valence-electron chi connectivity index (χ2n) is 7.95. The summed E-state index contributed by atoms with van der Waals surface area (Å²) in [6, 6.07) is 8.18. The number of carbonyl (C=O) groups excluding carboxylic acids is 1. The van der Waals surface area contributed by atoms with E-state index in [0.29, 0.717) is 12.5 Å². The minimum absolute atomic E-state index is 0.0245. The van der Waals surface area contributed by atoms with Crippen LogP contribution in [0.4, 0.5) is 11.5 Å². The number of fused-ring (bicyclic) bond motifs is 1. The van der Waals surface area contributed by atoms with E-state index in [4.69, 9.17) is 0 Å². The number of hydrogen-bond donors (Lipinski definition) is 1. The van der Waals surface area contributed by atoms with Crippen molar-refractivity contribution < 1.29 is 4.79 Å². The molecular formula is C22H29N7O. The highest BCUT2D eigenvalue weighted by atomic mass is 16.2. The van der Waals surface area contributed by atoms with Crippen molar-refractivity contribution >= 4 is 28.4 Å². The monoisotopic (exact) mass is 407 g/mol. The molecule has 1 saturated heterocycles. The topological polar surface area (TPSA) is 79.2 Å². The number of carbonyl (C=O) groups is 1. The standard InChI is InChI=1S/C22H29N7O/c1-4-16(2)17-5-7-18(8-6-17)26-20(30)14-28-9-11-29(12-10-28)22-19-13-25-27(3)21(19)23-15-24-22/h5-8,13,15-16H,4,9-12,14H2,1-3H3,(H,26,30). The summed E-state index contributed by atoms with van der Waals surface area (Å²) in [5.41, 5.74) is 2.99. The van der Waals surface area contributed by atoms with Gasteiger partial charge in [0, 0.05) is 38.9 Å². The Morgan fingerprint density at radius 2 is 1.87 bits per heavy atom. The van der Waals surface area contributed by atoms with Gasteiger partial charge < -0.3 is 10.2 Å². The van der Waals surface area contributed by atoms with Crippen LogP contribution in [0.3, 0.4) is 0 Å². The van der Waals surface area contributed by atoms with Crippen LogP contribution >= 0.6 is 0 Å². The van der Waals surface area contributed by atoms with Gasteiger partial charge in [0.25, 0.3) is 0 Å². The lowest BCUT2D eigenvalue weighted by Gasteiger charge is -2.35. The molecule has 4 rings (SSSR count). The van der Waals surface area contributed by atoms with Crippen LogP contribution in [0.15, 0.2) is 36.8 Å². The van der Waals surface area contributed by atoms with E-state index >= 15 is 0 Å². The molecule has 8 heteroatoms. The van der Waals surface area contributed by atoms with Crippen LogP contribution in [0.5, 0.6) is 0 Å². The summed E-state index contributed by atoms with van der Waals surface area (Å²) in [6.45, 7) is 8.05. The van der Waals surface area contributed by atoms with E-state index in [-0.39, 0.29) is 5.91 Å². The molecule has 0 bridgehead atoms. The Morgan fingerprint density at radius 1 is 1.13 bits per heavy atom. The van der Waals surface area contributed by atoms with Gasteiger partial charge in [-0.05, 0) is 30.0 Å². The van der Waals surface area contributed by atoms with Crippen molar-refractivity contribution in [2.24, 2.45) is 7.05 Å². The minimum Gasteiger partial charge on any atom is -0.353 e. The molecule has 8 nitrogen and oxygen atoms in total. The maximum absolute atomic E-state index is 12.5. The number of nitrogens with one attached hydrogen (secondary N) is 1. The van der Waals surface area contributed by atoms with Crippen LogP contribution in [-0.4, -0.2) is 63.3 Å². The van der Waals surface area contributed by atoms with Gasteiger partial charge in [0.05, 0.1) is 18.1 Å². The van der Waals surface area contributed by atoms with Gasteiger partial charge in [-0.25, -0.2) is 9.97 Å². The zero-order chi connectivity index (χ0) is 21.1. The molecule has 1 aliphatic rings. The molecule has 0 saturated carbocycles. The number of piperazine rings is 1. The predicted molar refractivity (Wildman–Crippen MR) is 119 cm³/mol. The molecule has 1 fully saturated rings. The summed E-state index contributed by atoms with van der Waals surface area (Å²) in [7, 11) is 1.88. The van der Waals surface area contributed by atoms with E-state index in [0.717, 1.165) is 55.1 Å². The lowest BCUT2D eigenvalue weighted by molar-refractivity contribution is -0.117. The summed E-state index contributed by atoms with van der Waals surface area (Å²) in [6.07, 6.45) is 4.52. The van der Waals surface area contributed by atoms with Crippen molar-refractivity contribution in [3.8, 4) is 0 Å². The van der Waals surface area contributed by atoms with E-state index in [1.807, 2.05) is 25.4 Å². The quantitative estimate of drug-likeness (QED) is 0.677. The van der Waals surface area contributed by atoms with Crippen molar-refractivity contribution in [1.29, 1.82) is 0 Å². The zero-order valence-corrected chi connectivity index (χ0v) is 17.9. The first-order valence-corrected chi connectivity index (χ1v) is 10.5. The van der Waals surface area contributed by atoms with Gasteiger partial charge in [0.15, 0.2) is 5.65 Å². The van der Waals surface area contributed by atoms with Crippen LogP contribution < -0.4 is 10.2 Å². The van der Waals surface area contributed by atoms with Gasteiger partial charge in [-0.2, -0.15) is 5.10 Å². The van der Waals surface area contributed by atoms with Gasteiger partial charge in [-0.1, -0.05) is 26.0 Å². The Labute approximate surface area is 176 Å². The van der Waals surface area contributed by atoms with Crippen molar-refractivity contribution in [2.45, 2.75) is 26.2 Å². The van der Waals surface area contributed by atoms with Crippen molar-refractivity contribution in [2.75, 3.05) is 42.9 Å². The van der Waals surface area contributed by atoms with Gasteiger partial charge in [-0.3, -0.25) is 14.4 Å². The SMILES string of the molecule is CCC(C)c1ccc(NC(=O)CN2CCN(c3ncnc4c3cnn4C)CC2)cc1. The minimum atomic E-state index is 0.0245. The summed E-state index contributed by atoms with van der Waals surface area (Å²) < 4.78 is 1.76. The van der Waals surface area contributed by atoms with Crippen LogP contribution in [-0.2, 0) is 11.8 Å². The molecule has 1 amide bonds. The van der Waals surface area contributed by atoms with Crippen LogP contribution in [0.25, 0.3) is 11.0 Å². The first-order valence-electron chi connectivity index (χ1n) is 10.5. The second kappa shape index (κ2) is 8.79. The first kappa shape index (κ1) is 20.3. The smallest absolute Gasteiger partial charge is 0.238 e. The number of benzene rings is 1. The average Bonchev–Trinajstić information content (AvgIpc) is 3.15. The summed E-state index contributed by atoms with van der Waals surface area (Å²) in [4.78, 5) is 25.7. The molecule has 1 aliphatic heterocycles. The van der Waals surface area contributed by atoms with E-state index < -0.39 is 0 Å². The molecule has 0 aliphatic carbocycles. The van der Waals surface area contributed by atoms with E-state index in [9.17, 15) is 4.79 Å². The maximum Gasteiger partial charge on any atom is 0.238 e. The summed E-state index contributed by atoms with van der Waals surface area (Å²) >= 11 is 0. The number of rotatable bonds is 6. The van der Waals surface area contributed by atoms with E-state index in [1.165, 1.54) is 5.56 Å². The Hall–Kier alpha value is -3.00. The Balaban J connectivity index is 1.30. The molecule has 0 spiro atoms. The van der Waals surface area contributed by atoms with Gasteiger partial charge in [0.1, 0.15) is 12.1 Å². The molecule has 1 unspecified atom stereocenters. The van der Waals surface area contributed by atoms with E-state index in [2.05, 4.69) is 56.2 Å². The number of anilines is 2. The van der Waals surface area contributed by atoms with Crippen LogP contribution in [0, 0.1) is 0 Å². The molecule has 0 radical (unpaired) electrons. The largest absolute Gasteiger partial charge is 0.353 e. The molecular weight excluding hydrogens is 378 g/mol. The Morgan fingerprint density at radius 3 is 2.57 bits per heavy atom. The van der Waals surface area contributed by atoms with Crippen LogP contribution in [0.1, 0.15) is 31.7 Å². The number of aromatic nitrogens is 4. The number of hydrogen-bond acceptors (Lipinski definition) is 6. The first-order chi connectivity index (χ1) is 14.5. The number of nitrogens with zero attached hydrogens (tertiary/aromatic N) is 6. The number of aryl methyl sites for hydroxylation is 1. The third-order valence-electron chi connectivity index (χ3n) is 5.92. The summed E-state index contributed by atoms with van der Waals surface area (Å²) in [5.74, 6) is 1.48. The predicted octanol–water partition coefficient (Wildman–Crippen LogP) is 2.64. The van der Waals surface area contributed by atoms with Gasteiger partial charge >= 0.3 is 0 Å². The van der Waals surface area contributed by atoms with Gasteiger partial charge in [0.2, 0.25) is 5.91 Å². The fraction of sp³-hybridized carbons (Fsp3) is 0.455. The average molecular weight is 408 g/mol. The summed E-state index contributed by atoms with van der Waals surface area (Å²) in [5, 5.41) is 8.27. The third-order valence-corrected chi connectivity index (χ3v) is 5.92. The molecule has 3 aromatic rings. The normalized spacial score (nSPS) is 16.0. The fourth-order valence-electron chi connectivity index (χ4n) is 3.85. The lowest BCUT2D eigenvalue weighted by atomic mass is 9.99. The zero-order valence-electron chi connectivity index (χ0n) is 17.9. The van der Waals surface area contributed by atoms with Gasteiger partial charge in [-0.15, -0.1) is 0 Å². The maximum atomic E-state index is 12.5. The third kappa shape index (κ3) is 4.28. The molecule has 2 aromatic heterocycles. The fourth-order valence-corrected chi connectivity index (χ4v) is 3.85.